The van der Waals surface area contributed by atoms with Crippen molar-refractivity contribution in [2.75, 3.05) is 26.7 Å². The normalized spacial score (nSPS) is 36.2. The first-order chi connectivity index (χ1) is 7.66. The average Bonchev–Trinajstić information content (AvgIpc) is 2.64. The zero-order valence-electron chi connectivity index (χ0n) is 10.3. The summed E-state index contributed by atoms with van der Waals surface area (Å²) in [6.45, 7) is 5.24. The molecule has 16 heavy (non-hydrogen) atoms. The lowest BCUT2D eigenvalue weighted by Crippen LogP contribution is -2.49. The predicted octanol–water partition coefficient (Wildman–Crippen LogP) is 0.195. The van der Waals surface area contributed by atoms with Crippen LogP contribution in [-0.4, -0.2) is 49.6 Å². The summed E-state index contributed by atoms with van der Waals surface area (Å²) in [6, 6.07) is 0.695. The van der Waals surface area contributed by atoms with Gasteiger partial charge in [0.05, 0.1) is 5.92 Å². The molecule has 0 aromatic heterocycles. The fourth-order valence-corrected chi connectivity index (χ4v) is 2.81. The minimum Gasteiger partial charge on any atom is -0.352 e. The molecule has 4 nitrogen and oxygen atoms in total. The highest BCUT2D eigenvalue weighted by molar-refractivity contribution is 5.80. The molecule has 3 unspecified atom stereocenters. The Kier molecular flexibility index (Phi) is 3.82. The molecule has 92 valence electrons. The second-order valence-corrected chi connectivity index (χ2v) is 5.25. The third kappa shape index (κ3) is 2.74. The van der Waals surface area contributed by atoms with Crippen LogP contribution in [-0.2, 0) is 4.79 Å². The summed E-state index contributed by atoms with van der Waals surface area (Å²) >= 11 is 0. The van der Waals surface area contributed by atoms with Gasteiger partial charge in [0, 0.05) is 18.6 Å². The van der Waals surface area contributed by atoms with Crippen LogP contribution in [0.25, 0.3) is 0 Å². The quantitative estimate of drug-likeness (QED) is 0.705. The van der Waals surface area contributed by atoms with Crippen molar-refractivity contribution in [2.45, 2.75) is 38.3 Å². The number of hydrogen-bond donors (Lipinski definition) is 2. The van der Waals surface area contributed by atoms with Crippen LogP contribution in [0.1, 0.15) is 26.2 Å². The Morgan fingerprint density at radius 1 is 1.44 bits per heavy atom. The van der Waals surface area contributed by atoms with Crippen molar-refractivity contribution in [3.63, 3.8) is 0 Å². The lowest BCUT2D eigenvalue weighted by Gasteiger charge is -2.31. The van der Waals surface area contributed by atoms with Crippen LogP contribution in [0.5, 0.6) is 0 Å². The Labute approximate surface area is 97.8 Å². The largest absolute Gasteiger partial charge is 0.352 e. The van der Waals surface area contributed by atoms with Crippen molar-refractivity contribution in [3.05, 3.63) is 0 Å². The molecule has 0 aromatic carbocycles. The summed E-state index contributed by atoms with van der Waals surface area (Å²) < 4.78 is 0. The number of amides is 1. The van der Waals surface area contributed by atoms with E-state index in [0.29, 0.717) is 12.1 Å². The number of likely N-dealkylation sites (tertiary alicyclic amines) is 1. The number of carbonyl (C=O) groups is 1. The number of nitrogens with zero attached hydrogens (tertiary/aromatic N) is 1. The Balaban J connectivity index is 1.82. The van der Waals surface area contributed by atoms with Gasteiger partial charge in [0.15, 0.2) is 0 Å². The van der Waals surface area contributed by atoms with Crippen LogP contribution in [0.15, 0.2) is 0 Å². The number of carbonyl (C=O) groups excluding carboxylic acids is 1. The number of rotatable bonds is 2. The van der Waals surface area contributed by atoms with Crippen molar-refractivity contribution in [3.8, 4) is 0 Å². The highest BCUT2D eigenvalue weighted by atomic mass is 16.2. The van der Waals surface area contributed by atoms with Crippen molar-refractivity contribution < 1.29 is 4.79 Å². The van der Waals surface area contributed by atoms with Crippen molar-refractivity contribution in [1.29, 1.82) is 0 Å². The van der Waals surface area contributed by atoms with E-state index in [-0.39, 0.29) is 11.8 Å². The Morgan fingerprint density at radius 2 is 2.25 bits per heavy atom. The molecule has 0 aliphatic carbocycles. The van der Waals surface area contributed by atoms with E-state index in [9.17, 15) is 4.79 Å². The molecular formula is C12H23N3O. The minimum atomic E-state index is 0.173. The molecule has 0 bridgehead atoms. The molecule has 2 N–H and O–H groups in total. The van der Waals surface area contributed by atoms with E-state index in [1.54, 1.807) is 0 Å². The summed E-state index contributed by atoms with van der Waals surface area (Å²) in [4.78, 5) is 14.4. The molecule has 2 aliphatic heterocycles. The van der Waals surface area contributed by atoms with Crippen LogP contribution in [0.2, 0.25) is 0 Å². The molecule has 0 aromatic rings. The number of piperidine rings is 1. The topological polar surface area (TPSA) is 44.4 Å². The molecular weight excluding hydrogens is 202 g/mol. The SMILES string of the molecule is CC1NCCC1C(=O)NC1CCCN(C)C1. The Morgan fingerprint density at radius 3 is 2.88 bits per heavy atom. The van der Waals surface area contributed by atoms with E-state index >= 15 is 0 Å². The zero-order chi connectivity index (χ0) is 11.5. The molecule has 2 fully saturated rings. The van der Waals surface area contributed by atoms with Crippen LogP contribution in [0.3, 0.4) is 0 Å². The van der Waals surface area contributed by atoms with Crippen LogP contribution < -0.4 is 10.6 Å². The van der Waals surface area contributed by atoms with Crippen LogP contribution in [0, 0.1) is 5.92 Å². The van der Waals surface area contributed by atoms with Gasteiger partial charge in [0.2, 0.25) is 5.91 Å². The summed E-state index contributed by atoms with van der Waals surface area (Å²) in [5, 5.41) is 6.53. The molecule has 2 saturated heterocycles. The van der Waals surface area contributed by atoms with E-state index in [2.05, 4.69) is 29.5 Å². The van der Waals surface area contributed by atoms with Gasteiger partial charge in [-0.15, -0.1) is 0 Å². The molecule has 4 heteroatoms. The first kappa shape index (κ1) is 11.9. The van der Waals surface area contributed by atoms with Crippen LogP contribution >= 0.6 is 0 Å². The molecule has 0 spiro atoms. The average molecular weight is 225 g/mol. The molecule has 0 radical (unpaired) electrons. The van der Waals surface area contributed by atoms with Gasteiger partial charge in [-0.25, -0.2) is 0 Å². The van der Waals surface area contributed by atoms with Gasteiger partial charge in [-0.3, -0.25) is 4.79 Å². The lowest BCUT2D eigenvalue weighted by atomic mass is 9.99. The van der Waals surface area contributed by atoms with Gasteiger partial charge in [-0.05, 0) is 46.3 Å². The minimum absolute atomic E-state index is 0.173. The first-order valence-corrected chi connectivity index (χ1v) is 6.39. The standard InChI is InChI=1S/C12H23N3O/c1-9-11(5-6-13-9)12(16)14-10-4-3-7-15(2)8-10/h9-11,13H,3-8H2,1-2H3,(H,14,16). The van der Waals surface area contributed by atoms with Crippen molar-refractivity contribution >= 4 is 5.91 Å². The van der Waals surface area contributed by atoms with Gasteiger partial charge in [-0.1, -0.05) is 0 Å². The maximum atomic E-state index is 12.1. The maximum Gasteiger partial charge on any atom is 0.224 e. The van der Waals surface area contributed by atoms with Gasteiger partial charge < -0.3 is 15.5 Å². The van der Waals surface area contributed by atoms with E-state index < -0.39 is 0 Å². The molecule has 3 atom stereocenters. The fraction of sp³-hybridized carbons (Fsp3) is 0.917. The van der Waals surface area contributed by atoms with E-state index in [1.807, 2.05) is 0 Å². The molecule has 2 aliphatic rings. The highest BCUT2D eigenvalue weighted by Gasteiger charge is 2.31. The monoisotopic (exact) mass is 225 g/mol. The summed E-state index contributed by atoms with van der Waals surface area (Å²) in [5.41, 5.74) is 0. The van der Waals surface area contributed by atoms with Gasteiger partial charge in [-0.2, -0.15) is 0 Å². The molecule has 1 amide bonds. The van der Waals surface area contributed by atoms with E-state index in [4.69, 9.17) is 0 Å². The number of hydrogen-bond acceptors (Lipinski definition) is 3. The zero-order valence-corrected chi connectivity index (χ0v) is 10.3. The molecule has 2 heterocycles. The summed E-state index contributed by atoms with van der Waals surface area (Å²) in [7, 11) is 2.12. The Bertz CT molecular complexity index is 257. The van der Waals surface area contributed by atoms with E-state index in [0.717, 1.165) is 32.5 Å². The van der Waals surface area contributed by atoms with Crippen LogP contribution in [0.4, 0.5) is 0 Å². The fourth-order valence-electron chi connectivity index (χ4n) is 2.81. The second-order valence-electron chi connectivity index (χ2n) is 5.25. The lowest BCUT2D eigenvalue weighted by molar-refractivity contribution is -0.126. The second kappa shape index (κ2) is 5.15. The van der Waals surface area contributed by atoms with Crippen molar-refractivity contribution in [2.24, 2.45) is 5.92 Å². The van der Waals surface area contributed by atoms with Crippen molar-refractivity contribution in [1.82, 2.24) is 15.5 Å². The van der Waals surface area contributed by atoms with E-state index in [1.165, 1.54) is 6.42 Å². The third-order valence-corrected chi connectivity index (χ3v) is 3.83. The number of likely N-dealkylation sites (N-methyl/N-ethyl adjacent to an activating group) is 1. The predicted molar refractivity (Wildman–Crippen MR) is 64.2 cm³/mol. The highest BCUT2D eigenvalue weighted by Crippen LogP contribution is 2.16. The van der Waals surface area contributed by atoms with Gasteiger partial charge in [0.1, 0.15) is 0 Å². The molecule has 2 rings (SSSR count). The first-order valence-electron chi connectivity index (χ1n) is 6.39. The van der Waals surface area contributed by atoms with Gasteiger partial charge >= 0.3 is 0 Å². The summed E-state index contributed by atoms with van der Waals surface area (Å²) in [5.74, 6) is 0.421. The molecule has 0 saturated carbocycles. The smallest absolute Gasteiger partial charge is 0.224 e. The Hall–Kier alpha value is -0.610. The maximum absolute atomic E-state index is 12.1. The summed E-state index contributed by atoms with van der Waals surface area (Å²) in [6.07, 6.45) is 3.31. The number of nitrogens with one attached hydrogen (secondary N) is 2. The third-order valence-electron chi connectivity index (χ3n) is 3.83. The van der Waals surface area contributed by atoms with Gasteiger partial charge in [0.25, 0.3) is 0 Å².